The Hall–Kier alpha value is -1.82. The van der Waals surface area contributed by atoms with Crippen LogP contribution in [-0.4, -0.2) is 0 Å². The zero-order valence-corrected chi connectivity index (χ0v) is 10.7. The molecule has 0 N–H and O–H groups in total. The van der Waals surface area contributed by atoms with E-state index < -0.39 is 0 Å². The van der Waals surface area contributed by atoms with Crippen LogP contribution < -0.4 is 0 Å². The van der Waals surface area contributed by atoms with Crippen LogP contribution in [0.5, 0.6) is 0 Å². The molecule has 2 aromatic rings. The Balaban J connectivity index is 2.22. The lowest BCUT2D eigenvalue weighted by molar-refractivity contribution is 1.37. The van der Waals surface area contributed by atoms with Crippen molar-refractivity contribution in [2.24, 2.45) is 0 Å². The van der Waals surface area contributed by atoms with E-state index in [9.17, 15) is 0 Å². The maximum atomic E-state index is 2.21. The van der Waals surface area contributed by atoms with Crippen molar-refractivity contribution >= 4 is 12.2 Å². The first kappa shape index (κ1) is 11.7. The zero-order valence-electron chi connectivity index (χ0n) is 10.7. The van der Waals surface area contributed by atoms with E-state index in [1.165, 1.54) is 27.8 Å². The second-order valence-corrected chi connectivity index (χ2v) is 4.67. The van der Waals surface area contributed by atoms with Gasteiger partial charge in [-0.1, -0.05) is 71.3 Å². The summed E-state index contributed by atoms with van der Waals surface area (Å²) in [5, 5.41) is 0. The molecule has 0 aliphatic heterocycles. The van der Waals surface area contributed by atoms with Crippen LogP contribution in [0.1, 0.15) is 27.8 Å². The zero-order chi connectivity index (χ0) is 12.3. The van der Waals surface area contributed by atoms with Crippen LogP contribution in [-0.2, 0) is 0 Å². The summed E-state index contributed by atoms with van der Waals surface area (Å²) in [5.41, 5.74) is 6.44. The molecular weight excluding hydrogens is 204 g/mol. The molecule has 0 heterocycles. The molecule has 2 rings (SSSR count). The van der Waals surface area contributed by atoms with Gasteiger partial charge in [0.1, 0.15) is 0 Å². The Morgan fingerprint density at radius 2 is 1.12 bits per heavy atom. The van der Waals surface area contributed by atoms with E-state index in [4.69, 9.17) is 0 Å². The van der Waals surface area contributed by atoms with Gasteiger partial charge in [-0.25, -0.2) is 0 Å². The molecule has 17 heavy (non-hydrogen) atoms. The van der Waals surface area contributed by atoms with Crippen molar-refractivity contribution in [1.82, 2.24) is 0 Å². The molecule has 2 aromatic carbocycles. The van der Waals surface area contributed by atoms with Gasteiger partial charge in [-0.15, -0.1) is 0 Å². The molecule has 0 unspecified atom stereocenters. The van der Waals surface area contributed by atoms with Crippen LogP contribution in [0.2, 0.25) is 0 Å². The third-order valence-electron chi connectivity index (χ3n) is 2.79. The third kappa shape index (κ3) is 3.32. The van der Waals surface area contributed by atoms with E-state index in [2.05, 4.69) is 75.4 Å². The SMILES string of the molecule is Cc1ccc(/C=C/c2cc(C)cc(C)c2)cc1. The third-order valence-corrected chi connectivity index (χ3v) is 2.79. The van der Waals surface area contributed by atoms with Crippen molar-refractivity contribution in [2.75, 3.05) is 0 Å². The van der Waals surface area contributed by atoms with Crippen LogP contribution in [0.3, 0.4) is 0 Å². The summed E-state index contributed by atoms with van der Waals surface area (Å²) in [6.07, 6.45) is 4.33. The number of benzene rings is 2. The fraction of sp³-hybridized carbons (Fsp3) is 0.176. The monoisotopic (exact) mass is 222 g/mol. The van der Waals surface area contributed by atoms with Gasteiger partial charge in [-0.3, -0.25) is 0 Å². The largest absolute Gasteiger partial charge is 0.0587 e. The number of rotatable bonds is 2. The maximum absolute atomic E-state index is 2.21. The van der Waals surface area contributed by atoms with E-state index in [1.54, 1.807) is 0 Å². The van der Waals surface area contributed by atoms with E-state index in [0.717, 1.165) is 0 Å². The Kier molecular flexibility index (Phi) is 3.43. The highest BCUT2D eigenvalue weighted by molar-refractivity contribution is 5.70. The molecule has 0 radical (unpaired) electrons. The van der Waals surface area contributed by atoms with Crippen LogP contribution in [0.4, 0.5) is 0 Å². The average molecular weight is 222 g/mol. The molecule has 0 saturated heterocycles. The van der Waals surface area contributed by atoms with Gasteiger partial charge >= 0.3 is 0 Å². The molecule has 0 aliphatic rings. The van der Waals surface area contributed by atoms with Crippen molar-refractivity contribution in [1.29, 1.82) is 0 Å². The normalized spacial score (nSPS) is 11.0. The van der Waals surface area contributed by atoms with Crippen molar-refractivity contribution in [3.05, 3.63) is 70.3 Å². The summed E-state index contributed by atoms with van der Waals surface area (Å²) >= 11 is 0. The molecule has 0 nitrogen and oxygen atoms in total. The van der Waals surface area contributed by atoms with E-state index >= 15 is 0 Å². The average Bonchev–Trinajstić information content (AvgIpc) is 2.27. The topological polar surface area (TPSA) is 0 Å². The number of hydrogen-bond donors (Lipinski definition) is 0. The number of aryl methyl sites for hydroxylation is 3. The van der Waals surface area contributed by atoms with Crippen molar-refractivity contribution < 1.29 is 0 Å². The predicted molar refractivity (Wildman–Crippen MR) is 76.0 cm³/mol. The Morgan fingerprint density at radius 1 is 0.588 bits per heavy atom. The minimum atomic E-state index is 1.25. The van der Waals surface area contributed by atoms with Crippen LogP contribution in [0, 0.1) is 20.8 Å². The van der Waals surface area contributed by atoms with Gasteiger partial charge in [0.05, 0.1) is 0 Å². The van der Waals surface area contributed by atoms with Gasteiger partial charge in [0.25, 0.3) is 0 Å². The summed E-state index contributed by atoms with van der Waals surface area (Å²) in [6.45, 7) is 6.38. The Morgan fingerprint density at radius 3 is 1.71 bits per heavy atom. The number of hydrogen-bond acceptors (Lipinski definition) is 0. The molecule has 0 atom stereocenters. The van der Waals surface area contributed by atoms with Crippen LogP contribution >= 0.6 is 0 Å². The Bertz CT molecular complexity index is 510. The molecule has 0 bridgehead atoms. The minimum absolute atomic E-state index is 1.25. The summed E-state index contributed by atoms with van der Waals surface area (Å²) in [6, 6.07) is 15.2. The van der Waals surface area contributed by atoms with Gasteiger partial charge in [0.15, 0.2) is 0 Å². The fourth-order valence-electron chi connectivity index (χ4n) is 1.98. The summed E-state index contributed by atoms with van der Waals surface area (Å²) in [4.78, 5) is 0. The van der Waals surface area contributed by atoms with Crippen molar-refractivity contribution in [2.45, 2.75) is 20.8 Å². The highest BCUT2D eigenvalue weighted by Crippen LogP contribution is 2.13. The fourth-order valence-corrected chi connectivity index (χ4v) is 1.98. The summed E-state index contributed by atoms with van der Waals surface area (Å²) < 4.78 is 0. The molecule has 0 saturated carbocycles. The van der Waals surface area contributed by atoms with Gasteiger partial charge < -0.3 is 0 Å². The molecule has 0 aromatic heterocycles. The van der Waals surface area contributed by atoms with E-state index in [1.807, 2.05) is 0 Å². The van der Waals surface area contributed by atoms with Crippen molar-refractivity contribution in [3.63, 3.8) is 0 Å². The second-order valence-electron chi connectivity index (χ2n) is 4.67. The summed E-state index contributed by atoms with van der Waals surface area (Å²) in [5.74, 6) is 0. The lowest BCUT2D eigenvalue weighted by Gasteiger charge is -2.00. The van der Waals surface area contributed by atoms with E-state index in [-0.39, 0.29) is 0 Å². The van der Waals surface area contributed by atoms with Gasteiger partial charge in [-0.05, 0) is 31.9 Å². The van der Waals surface area contributed by atoms with E-state index in [0.29, 0.717) is 0 Å². The molecule has 0 amide bonds. The maximum Gasteiger partial charge on any atom is -0.0251 e. The quantitative estimate of drug-likeness (QED) is 0.641. The lowest BCUT2D eigenvalue weighted by atomic mass is 10.1. The first-order valence-electron chi connectivity index (χ1n) is 5.96. The van der Waals surface area contributed by atoms with Crippen LogP contribution in [0.25, 0.3) is 12.2 Å². The van der Waals surface area contributed by atoms with Gasteiger partial charge in [0, 0.05) is 0 Å². The highest BCUT2D eigenvalue weighted by Gasteiger charge is 1.92. The lowest BCUT2D eigenvalue weighted by Crippen LogP contribution is -1.80. The molecular formula is C17H18. The first-order valence-corrected chi connectivity index (χ1v) is 5.96. The predicted octanol–water partition coefficient (Wildman–Crippen LogP) is 4.78. The second kappa shape index (κ2) is 5.01. The molecule has 0 heteroatoms. The molecule has 0 aliphatic carbocycles. The minimum Gasteiger partial charge on any atom is -0.0587 e. The van der Waals surface area contributed by atoms with Crippen LogP contribution in [0.15, 0.2) is 42.5 Å². The molecule has 0 spiro atoms. The summed E-state index contributed by atoms with van der Waals surface area (Å²) in [7, 11) is 0. The van der Waals surface area contributed by atoms with Gasteiger partial charge in [0.2, 0.25) is 0 Å². The first-order chi connectivity index (χ1) is 8.13. The molecule has 86 valence electrons. The smallest absolute Gasteiger partial charge is 0.0251 e. The van der Waals surface area contributed by atoms with Gasteiger partial charge in [-0.2, -0.15) is 0 Å². The molecule has 0 fully saturated rings. The highest BCUT2D eigenvalue weighted by atomic mass is 14.0. The standard InChI is InChI=1S/C17H18/c1-13-4-6-16(7-5-13)8-9-17-11-14(2)10-15(3)12-17/h4-12H,1-3H3/b9-8+. The Labute approximate surface area is 104 Å². The van der Waals surface area contributed by atoms with Crippen molar-refractivity contribution in [3.8, 4) is 0 Å².